The molecule has 0 radical (unpaired) electrons. The Bertz CT molecular complexity index is 1030. The minimum absolute atomic E-state index is 0.0646. The van der Waals surface area contributed by atoms with E-state index in [-0.39, 0.29) is 5.92 Å². The lowest BCUT2D eigenvalue weighted by molar-refractivity contribution is 0.144. The highest BCUT2D eigenvalue weighted by Crippen LogP contribution is 2.44. The number of alkyl carbamates (subject to hydrolysis) is 1. The second-order valence-corrected chi connectivity index (χ2v) is 7.46. The molecule has 0 atom stereocenters. The number of aryl methyl sites for hydroxylation is 1. The molecule has 0 saturated heterocycles. The highest BCUT2D eigenvalue weighted by atomic mass is 35.5. The summed E-state index contributed by atoms with van der Waals surface area (Å²) in [5, 5.41) is 3.49. The van der Waals surface area contributed by atoms with Crippen molar-refractivity contribution >= 4 is 23.8 Å². The molecule has 0 aliphatic heterocycles. The lowest BCUT2D eigenvalue weighted by atomic mass is 9.98. The van der Waals surface area contributed by atoms with Gasteiger partial charge in [-0.05, 0) is 40.3 Å². The van der Waals surface area contributed by atoms with Gasteiger partial charge in [0.05, 0.1) is 5.02 Å². The van der Waals surface area contributed by atoms with E-state index < -0.39 is 6.09 Å². The molecule has 1 aliphatic carbocycles. The fourth-order valence-corrected chi connectivity index (χ4v) is 3.97. The van der Waals surface area contributed by atoms with Gasteiger partial charge in [-0.3, -0.25) is 0 Å². The standard InChI is InChI=1S/C25H22ClNO2/c1-17-8-6-9-18(24(17)26)10-7-15-27-25(28)29-16-23-21-13-4-2-11-19(21)20-12-3-5-14-22(20)23/h2-14,23H,15-16H2,1H3,(H,27,28). The van der Waals surface area contributed by atoms with Gasteiger partial charge >= 0.3 is 6.09 Å². The van der Waals surface area contributed by atoms with E-state index in [2.05, 4.69) is 29.6 Å². The van der Waals surface area contributed by atoms with Gasteiger partial charge in [0.15, 0.2) is 0 Å². The minimum Gasteiger partial charge on any atom is -0.449 e. The first kappa shape index (κ1) is 19.3. The fourth-order valence-electron chi connectivity index (χ4n) is 3.78. The Kier molecular flexibility index (Phi) is 5.68. The summed E-state index contributed by atoms with van der Waals surface area (Å²) in [5.41, 5.74) is 6.80. The number of amides is 1. The molecule has 0 aromatic heterocycles. The number of ether oxygens (including phenoxy) is 1. The van der Waals surface area contributed by atoms with Crippen LogP contribution in [0.1, 0.15) is 28.2 Å². The number of rotatable bonds is 5. The second-order valence-electron chi connectivity index (χ2n) is 7.09. The molecule has 29 heavy (non-hydrogen) atoms. The fraction of sp³-hybridized carbons (Fsp3) is 0.160. The predicted octanol–water partition coefficient (Wildman–Crippen LogP) is 6.20. The number of fused-ring (bicyclic) bond motifs is 3. The van der Waals surface area contributed by atoms with E-state index in [1.165, 1.54) is 22.3 Å². The van der Waals surface area contributed by atoms with Gasteiger partial charge in [0.1, 0.15) is 6.61 Å². The van der Waals surface area contributed by atoms with Gasteiger partial charge in [-0.2, -0.15) is 0 Å². The Balaban J connectivity index is 1.34. The molecule has 3 aromatic rings. The zero-order chi connectivity index (χ0) is 20.2. The van der Waals surface area contributed by atoms with Gasteiger partial charge < -0.3 is 10.1 Å². The molecule has 3 nitrogen and oxygen atoms in total. The Morgan fingerprint density at radius 2 is 1.66 bits per heavy atom. The quantitative estimate of drug-likeness (QED) is 0.550. The molecule has 0 heterocycles. The van der Waals surface area contributed by atoms with Crippen LogP contribution >= 0.6 is 11.6 Å². The van der Waals surface area contributed by atoms with Crippen molar-refractivity contribution in [2.45, 2.75) is 12.8 Å². The molecule has 1 aliphatic rings. The molecule has 0 fully saturated rings. The Morgan fingerprint density at radius 3 is 2.34 bits per heavy atom. The molecule has 1 N–H and O–H groups in total. The van der Waals surface area contributed by atoms with E-state index >= 15 is 0 Å². The van der Waals surface area contributed by atoms with E-state index in [4.69, 9.17) is 16.3 Å². The van der Waals surface area contributed by atoms with E-state index in [9.17, 15) is 4.79 Å². The number of hydrogen-bond acceptors (Lipinski definition) is 2. The zero-order valence-electron chi connectivity index (χ0n) is 16.2. The molecule has 3 aromatic carbocycles. The van der Waals surface area contributed by atoms with Gasteiger partial charge in [0, 0.05) is 12.5 Å². The molecular formula is C25H22ClNO2. The molecular weight excluding hydrogens is 382 g/mol. The summed E-state index contributed by atoms with van der Waals surface area (Å²) in [4.78, 5) is 12.2. The van der Waals surface area contributed by atoms with Crippen LogP contribution < -0.4 is 5.32 Å². The SMILES string of the molecule is Cc1cccc(C=CCNC(=O)OCC2c3ccccc3-c3ccccc32)c1Cl. The summed E-state index contributed by atoms with van der Waals surface area (Å²) in [6.45, 7) is 2.66. The van der Waals surface area contributed by atoms with E-state index in [1.807, 2.05) is 61.5 Å². The number of nitrogens with one attached hydrogen (secondary N) is 1. The lowest BCUT2D eigenvalue weighted by Crippen LogP contribution is -2.26. The summed E-state index contributed by atoms with van der Waals surface area (Å²) in [6.07, 6.45) is 3.34. The summed E-state index contributed by atoms with van der Waals surface area (Å²) in [6, 6.07) is 22.5. The average molecular weight is 404 g/mol. The van der Waals surface area contributed by atoms with Crippen molar-refractivity contribution in [1.82, 2.24) is 5.32 Å². The van der Waals surface area contributed by atoms with Crippen LogP contribution in [0.3, 0.4) is 0 Å². The number of carbonyl (C=O) groups excluding carboxylic acids is 1. The molecule has 1 amide bonds. The van der Waals surface area contributed by atoms with Crippen LogP contribution in [0.15, 0.2) is 72.8 Å². The third-order valence-electron chi connectivity index (χ3n) is 5.23. The topological polar surface area (TPSA) is 38.3 Å². The van der Waals surface area contributed by atoms with E-state index in [0.717, 1.165) is 16.1 Å². The number of halogens is 1. The number of carbonyl (C=O) groups is 1. The van der Waals surface area contributed by atoms with Gasteiger partial charge in [0.2, 0.25) is 0 Å². The van der Waals surface area contributed by atoms with E-state index in [1.54, 1.807) is 0 Å². The summed E-state index contributed by atoms with van der Waals surface area (Å²) in [7, 11) is 0. The first-order valence-corrected chi connectivity index (χ1v) is 10.0. The van der Waals surface area contributed by atoms with Gasteiger partial charge in [-0.25, -0.2) is 4.79 Å². The van der Waals surface area contributed by atoms with Gasteiger partial charge in [-0.15, -0.1) is 0 Å². The van der Waals surface area contributed by atoms with E-state index in [0.29, 0.717) is 13.2 Å². The largest absolute Gasteiger partial charge is 0.449 e. The van der Waals surface area contributed by atoms with Crippen molar-refractivity contribution in [3.63, 3.8) is 0 Å². The molecule has 0 saturated carbocycles. The Hall–Kier alpha value is -3.04. The van der Waals surface area contributed by atoms with Crippen molar-refractivity contribution in [2.75, 3.05) is 13.2 Å². The molecule has 4 heteroatoms. The van der Waals surface area contributed by atoms with Crippen molar-refractivity contribution in [2.24, 2.45) is 0 Å². The maximum Gasteiger partial charge on any atom is 0.407 e. The van der Waals surface area contributed by atoms with Crippen LogP contribution in [0, 0.1) is 6.92 Å². The molecule has 0 bridgehead atoms. The van der Waals surface area contributed by atoms with Crippen LogP contribution in [0.5, 0.6) is 0 Å². The van der Waals surface area contributed by atoms with Crippen molar-refractivity contribution in [3.8, 4) is 11.1 Å². The second kappa shape index (κ2) is 8.54. The zero-order valence-corrected chi connectivity index (χ0v) is 16.9. The maximum atomic E-state index is 12.2. The highest BCUT2D eigenvalue weighted by Gasteiger charge is 2.28. The minimum atomic E-state index is -0.424. The van der Waals surface area contributed by atoms with Crippen LogP contribution in [0.25, 0.3) is 17.2 Å². The van der Waals surface area contributed by atoms with Crippen molar-refractivity contribution in [1.29, 1.82) is 0 Å². The summed E-state index contributed by atoms with van der Waals surface area (Å²) in [5.74, 6) is 0.0646. The third kappa shape index (κ3) is 4.06. The van der Waals surface area contributed by atoms with Crippen LogP contribution in [-0.4, -0.2) is 19.2 Å². The smallest absolute Gasteiger partial charge is 0.407 e. The van der Waals surface area contributed by atoms with Crippen molar-refractivity contribution in [3.05, 3.63) is 100 Å². The van der Waals surface area contributed by atoms with Crippen LogP contribution in [0.2, 0.25) is 5.02 Å². The summed E-state index contributed by atoms with van der Waals surface area (Å²) >= 11 is 6.28. The van der Waals surface area contributed by atoms with Crippen LogP contribution in [-0.2, 0) is 4.74 Å². The predicted molar refractivity (Wildman–Crippen MR) is 118 cm³/mol. The first-order valence-electron chi connectivity index (χ1n) is 9.65. The summed E-state index contributed by atoms with van der Waals surface area (Å²) < 4.78 is 5.52. The Labute approximate surface area is 176 Å². The van der Waals surface area contributed by atoms with Gasteiger partial charge in [0.25, 0.3) is 0 Å². The molecule has 0 spiro atoms. The molecule has 4 rings (SSSR count). The molecule has 146 valence electrons. The number of benzene rings is 3. The van der Waals surface area contributed by atoms with Gasteiger partial charge in [-0.1, -0.05) is 90.5 Å². The monoisotopic (exact) mass is 403 g/mol. The Morgan fingerprint density at radius 1 is 1.00 bits per heavy atom. The highest BCUT2D eigenvalue weighted by molar-refractivity contribution is 6.32. The van der Waals surface area contributed by atoms with Crippen molar-refractivity contribution < 1.29 is 9.53 Å². The molecule has 0 unspecified atom stereocenters. The lowest BCUT2D eigenvalue weighted by Gasteiger charge is -2.14. The maximum absolute atomic E-state index is 12.2. The average Bonchev–Trinajstić information content (AvgIpc) is 3.06. The normalized spacial score (nSPS) is 12.6. The first-order chi connectivity index (χ1) is 14.1. The van der Waals surface area contributed by atoms with Crippen LogP contribution in [0.4, 0.5) is 4.79 Å². The number of hydrogen-bond donors (Lipinski definition) is 1. The third-order valence-corrected chi connectivity index (χ3v) is 5.74.